The number of carbonyl (C=O) groups excluding carboxylic acids is 1. The maximum atomic E-state index is 12.5. The summed E-state index contributed by atoms with van der Waals surface area (Å²) in [6.45, 7) is 0.650. The fourth-order valence-corrected chi connectivity index (χ4v) is 3.84. The predicted molar refractivity (Wildman–Crippen MR) is 116 cm³/mol. The highest BCUT2D eigenvalue weighted by atomic mass is 16.5. The lowest BCUT2D eigenvalue weighted by Gasteiger charge is -2.22. The molecule has 7 heteroatoms. The van der Waals surface area contributed by atoms with E-state index in [1.165, 1.54) is 32.1 Å². The number of anilines is 1. The number of amides is 1. The number of aryl methyl sites for hydroxylation is 1. The first-order chi connectivity index (χ1) is 14.7. The molecule has 1 amide bonds. The standard InChI is InChI=1S/C23H26N4O3/c28-21(13-12-20-25-18-10-5-4-9-17(18)23(29)26-20)27-22-19(11-6-14-24-22)30-15-16-7-2-1-3-8-16/h4-6,9-11,14,16H,1-3,7-8,12-13,15H2,(H,24,27,28)(H,25,26,29). The lowest BCUT2D eigenvalue weighted by molar-refractivity contribution is -0.116. The first-order valence-electron chi connectivity index (χ1n) is 10.5. The Hall–Kier alpha value is -3.22. The number of fused-ring (bicyclic) bond motifs is 1. The van der Waals surface area contributed by atoms with Crippen molar-refractivity contribution in [2.24, 2.45) is 5.92 Å². The number of aromatic nitrogens is 3. The molecule has 1 aliphatic rings. The van der Waals surface area contributed by atoms with Gasteiger partial charge >= 0.3 is 0 Å². The summed E-state index contributed by atoms with van der Waals surface area (Å²) in [7, 11) is 0. The Bertz CT molecular complexity index is 1070. The normalized spacial score (nSPS) is 14.5. The number of hydrogen-bond donors (Lipinski definition) is 2. The summed E-state index contributed by atoms with van der Waals surface area (Å²) in [6, 6.07) is 10.8. The Labute approximate surface area is 174 Å². The lowest BCUT2D eigenvalue weighted by Crippen LogP contribution is -2.18. The average Bonchev–Trinajstić information content (AvgIpc) is 2.78. The summed E-state index contributed by atoms with van der Waals surface area (Å²) in [4.78, 5) is 36.1. The molecule has 0 unspecified atom stereocenters. The van der Waals surface area contributed by atoms with Gasteiger partial charge in [-0.1, -0.05) is 31.4 Å². The van der Waals surface area contributed by atoms with Crippen molar-refractivity contribution in [2.45, 2.75) is 44.9 Å². The number of benzene rings is 1. The zero-order valence-corrected chi connectivity index (χ0v) is 16.9. The molecule has 1 aliphatic carbocycles. The van der Waals surface area contributed by atoms with Crippen molar-refractivity contribution >= 4 is 22.6 Å². The van der Waals surface area contributed by atoms with Crippen LogP contribution in [-0.2, 0) is 11.2 Å². The lowest BCUT2D eigenvalue weighted by atomic mass is 9.90. The Kier molecular flexibility index (Phi) is 6.37. The molecular weight excluding hydrogens is 380 g/mol. The summed E-state index contributed by atoms with van der Waals surface area (Å²) in [5, 5.41) is 3.37. The van der Waals surface area contributed by atoms with Gasteiger partial charge < -0.3 is 15.0 Å². The summed E-state index contributed by atoms with van der Waals surface area (Å²) >= 11 is 0. The maximum absolute atomic E-state index is 12.5. The number of para-hydroxylation sites is 1. The predicted octanol–water partition coefficient (Wildman–Crippen LogP) is 3.85. The highest BCUT2D eigenvalue weighted by Crippen LogP contribution is 2.27. The van der Waals surface area contributed by atoms with Crippen LogP contribution in [0.3, 0.4) is 0 Å². The maximum Gasteiger partial charge on any atom is 0.258 e. The average molecular weight is 406 g/mol. The van der Waals surface area contributed by atoms with Crippen LogP contribution < -0.4 is 15.6 Å². The molecule has 0 saturated heterocycles. The number of ether oxygens (including phenoxy) is 1. The highest BCUT2D eigenvalue weighted by molar-refractivity contribution is 5.91. The van der Waals surface area contributed by atoms with E-state index in [1.807, 2.05) is 12.1 Å². The van der Waals surface area contributed by atoms with Gasteiger partial charge in [0, 0.05) is 19.0 Å². The first kappa shape index (κ1) is 20.1. The molecule has 0 spiro atoms. The highest BCUT2D eigenvalue weighted by Gasteiger charge is 2.16. The molecule has 1 aromatic carbocycles. The topological polar surface area (TPSA) is 97.0 Å². The number of aromatic amines is 1. The van der Waals surface area contributed by atoms with Gasteiger partial charge in [-0.2, -0.15) is 0 Å². The molecular formula is C23H26N4O3. The molecule has 1 saturated carbocycles. The third kappa shape index (κ3) is 5.03. The van der Waals surface area contributed by atoms with Crippen molar-refractivity contribution in [3.05, 3.63) is 58.8 Å². The van der Waals surface area contributed by atoms with Crippen molar-refractivity contribution in [3.8, 4) is 5.75 Å². The molecule has 7 nitrogen and oxygen atoms in total. The number of carbonyl (C=O) groups is 1. The van der Waals surface area contributed by atoms with Gasteiger partial charge in [0.1, 0.15) is 5.82 Å². The minimum absolute atomic E-state index is 0.180. The third-order valence-corrected chi connectivity index (χ3v) is 5.48. The number of pyridine rings is 1. The molecule has 1 fully saturated rings. The van der Waals surface area contributed by atoms with Gasteiger partial charge in [0.15, 0.2) is 11.6 Å². The van der Waals surface area contributed by atoms with Crippen molar-refractivity contribution in [1.82, 2.24) is 15.0 Å². The van der Waals surface area contributed by atoms with Crippen molar-refractivity contribution in [3.63, 3.8) is 0 Å². The Balaban J connectivity index is 1.35. The molecule has 0 radical (unpaired) electrons. The van der Waals surface area contributed by atoms with Gasteiger partial charge in [-0.05, 0) is 43.0 Å². The van der Waals surface area contributed by atoms with Crippen LogP contribution in [-0.4, -0.2) is 27.5 Å². The minimum Gasteiger partial charge on any atom is -0.489 e. The Morgan fingerprint density at radius 1 is 1.13 bits per heavy atom. The second-order valence-corrected chi connectivity index (χ2v) is 7.74. The summed E-state index contributed by atoms with van der Waals surface area (Å²) in [5.41, 5.74) is 0.430. The smallest absolute Gasteiger partial charge is 0.258 e. The van der Waals surface area contributed by atoms with Crippen LogP contribution in [0, 0.1) is 5.92 Å². The van der Waals surface area contributed by atoms with Crippen molar-refractivity contribution in [2.75, 3.05) is 11.9 Å². The number of hydrogen-bond acceptors (Lipinski definition) is 5. The van der Waals surface area contributed by atoms with Gasteiger partial charge in [-0.25, -0.2) is 9.97 Å². The van der Waals surface area contributed by atoms with Crippen LogP contribution in [0.2, 0.25) is 0 Å². The van der Waals surface area contributed by atoms with E-state index >= 15 is 0 Å². The molecule has 0 atom stereocenters. The number of rotatable bonds is 7. The van der Waals surface area contributed by atoms with E-state index < -0.39 is 0 Å². The van der Waals surface area contributed by atoms with Gasteiger partial charge in [0.2, 0.25) is 5.91 Å². The largest absolute Gasteiger partial charge is 0.489 e. The van der Waals surface area contributed by atoms with Crippen LogP contribution in [0.5, 0.6) is 5.75 Å². The van der Waals surface area contributed by atoms with Gasteiger partial charge in [0.25, 0.3) is 5.56 Å². The Morgan fingerprint density at radius 2 is 1.97 bits per heavy atom. The van der Waals surface area contributed by atoms with E-state index in [1.54, 1.807) is 30.5 Å². The number of H-pyrrole nitrogens is 1. The molecule has 3 aromatic rings. The van der Waals surface area contributed by atoms with E-state index in [2.05, 4.69) is 20.3 Å². The van der Waals surface area contributed by atoms with Crippen LogP contribution in [0.4, 0.5) is 5.82 Å². The second-order valence-electron chi connectivity index (χ2n) is 7.74. The van der Waals surface area contributed by atoms with Crippen LogP contribution in [0.1, 0.15) is 44.3 Å². The van der Waals surface area contributed by atoms with Crippen molar-refractivity contribution < 1.29 is 9.53 Å². The summed E-state index contributed by atoms with van der Waals surface area (Å²) < 4.78 is 5.97. The summed E-state index contributed by atoms with van der Waals surface area (Å²) in [5.74, 6) is 1.88. The fraction of sp³-hybridized carbons (Fsp3) is 0.391. The van der Waals surface area contributed by atoms with E-state index in [9.17, 15) is 9.59 Å². The summed E-state index contributed by atoms with van der Waals surface area (Å²) in [6.07, 6.45) is 8.35. The molecule has 0 aliphatic heterocycles. The van der Waals surface area contributed by atoms with E-state index in [0.717, 1.165) is 0 Å². The molecule has 4 rings (SSSR count). The first-order valence-corrected chi connectivity index (χ1v) is 10.5. The second kappa shape index (κ2) is 9.52. The minimum atomic E-state index is -0.202. The van der Waals surface area contributed by atoms with Crippen LogP contribution in [0.25, 0.3) is 10.9 Å². The molecule has 0 bridgehead atoms. The van der Waals surface area contributed by atoms with E-state index in [4.69, 9.17) is 4.74 Å². The van der Waals surface area contributed by atoms with Gasteiger partial charge in [-0.15, -0.1) is 0 Å². The number of nitrogens with one attached hydrogen (secondary N) is 2. The van der Waals surface area contributed by atoms with Gasteiger partial charge in [-0.3, -0.25) is 9.59 Å². The zero-order chi connectivity index (χ0) is 20.8. The van der Waals surface area contributed by atoms with Crippen LogP contribution >= 0.6 is 0 Å². The zero-order valence-electron chi connectivity index (χ0n) is 16.9. The Morgan fingerprint density at radius 3 is 2.83 bits per heavy atom. The SMILES string of the molecule is O=C(CCc1nc2ccccc2c(=O)[nH]1)Nc1ncccc1OCC1CCCCC1. The van der Waals surface area contributed by atoms with Crippen LogP contribution in [0.15, 0.2) is 47.4 Å². The van der Waals surface area contributed by atoms with Crippen molar-refractivity contribution in [1.29, 1.82) is 0 Å². The molecule has 2 heterocycles. The fourth-order valence-electron chi connectivity index (χ4n) is 3.84. The monoisotopic (exact) mass is 406 g/mol. The molecule has 30 heavy (non-hydrogen) atoms. The molecule has 2 aromatic heterocycles. The van der Waals surface area contributed by atoms with E-state index in [-0.39, 0.29) is 17.9 Å². The molecule has 2 N–H and O–H groups in total. The van der Waals surface area contributed by atoms with E-state index in [0.29, 0.717) is 47.2 Å². The van der Waals surface area contributed by atoms with Gasteiger partial charge in [0.05, 0.1) is 17.5 Å². The number of nitrogens with zero attached hydrogens (tertiary/aromatic N) is 2. The molecule has 156 valence electrons. The third-order valence-electron chi connectivity index (χ3n) is 5.48. The quantitative estimate of drug-likeness (QED) is 0.621.